The molecular weight excluding hydrogens is 237 g/mol. The second-order valence-electron chi connectivity index (χ2n) is 3.50. The van der Waals surface area contributed by atoms with Crippen LogP contribution < -0.4 is 5.73 Å². The van der Waals surface area contributed by atoms with E-state index in [9.17, 15) is 4.39 Å². The molecule has 0 aromatic heterocycles. The second kappa shape index (κ2) is 4.90. The molecule has 2 aromatic rings. The van der Waals surface area contributed by atoms with Crippen molar-refractivity contribution < 1.29 is 4.39 Å². The minimum absolute atomic E-state index is 0.355. The van der Waals surface area contributed by atoms with E-state index in [2.05, 4.69) is 11.8 Å². The first kappa shape index (κ1) is 11.5. The van der Waals surface area contributed by atoms with Crippen LogP contribution in [-0.4, -0.2) is 0 Å². The molecule has 0 aliphatic heterocycles. The highest BCUT2D eigenvalue weighted by atomic mass is 35.5. The first-order valence-corrected chi connectivity index (χ1v) is 5.35. The Morgan fingerprint density at radius 1 is 1.06 bits per heavy atom. The Labute approximate surface area is 104 Å². The highest BCUT2D eigenvalue weighted by Gasteiger charge is 1.98. The lowest BCUT2D eigenvalue weighted by Gasteiger charge is -1.96. The van der Waals surface area contributed by atoms with Gasteiger partial charge in [0.05, 0.1) is 5.02 Å². The third-order valence-corrected chi connectivity index (χ3v) is 2.49. The molecule has 0 heterocycles. The largest absolute Gasteiger partial charge is 0.399 e. The van der Waals surface area contributed by atoms with E-state index >= 15 is 0 Å². The molecule has 0 aliphatic rings. The SMILES string of the molecule is Nc1cccc(C#Cc2cc(F)ccc2Cl)c1. The standard InChI is InChI=1S/C14H9ClFN/c15-14-7-6-12(16)9-11(14)5-4-10-2-1-3-13(17)8-10/h1-3,6-9H,17H2. The Morgan fingerprint density at radius 3 is 2.65 bits per heavy atom. The number of rotatable bonds is 0. The van der Waals surface area contributed by atoms with Gasteiger partial charge in [-0.05, 0) is 36.4 Å². The molecule has 0 unspecified atom stereocenters. The van der Waals surface area contributed by atoms with Crippen molar-refractivity contribution in [3.63, 3.8) is 0 Å². The van der Waals surface area contributed by atoms with Crippen molar-refractivity contribution in [3.05, 3.63) is 64.4 Å². The number of nitrogens with two attached hydrogens (primary N) is 1. The molecule has 3 heteroatoms. The van der Waals surface area contributed by atoms with E-state index < -0.39 is 0 Å². The zero-order valence-corrected chi connectivity index (χ0v) is 9.63. The number of hydrogen-bond acceptors (Lipinski definition) is 1. The minimum atomic E-state index is -0.355. The van der Waals surface area contributed by atoms with Crippen molar-refractivity contribution >= 4 is 17.3 Å². The zero-order chi connectivity index (χ0) is 12.3. The fraction of sp³-hybridized carbons (Fsp3) is 0. The van der Waals surface area contributed by atoms with Crippen LogP contribution in [0.25, 0.3) is 0 Å². The first-order valence-electron chi connectivity index (χ1n) is 4.98. The van der Waals surface area contributed by atoms with Gasteiger partial charge in [0.15, 0.2) is 0 Å². The molecule has 0 spiro atoms. The van der Waals surface area contributed by atoms with Crippen LogP contribution in [0.1, 0.15) is 11.1 Å². The van der Waals surface area contributed by atoms with Gasteiger partial charge in [0.25, 0.3) is 0 Å². The molecule has 0 saturated heterocycles. The molecule has 0 aliphatic carbocycles. The molecule has 0 radical (unpaired) electrons. The predicted molar refractivity (Wildman–Crippen MR) is 68.2 cm³/mol. The maximum absolute atomic E-state index is 13.0. The van der Waals surface area contributed by atoms with Gasteiger partial charge in [-0.25, -0.2) is 4.39 Å². The monoisotopic (exact) mass is 245 g/mol. The Balaban J connectivity index is 2.36. The number of anilines is 1. The van der Waals surface area contributed by atoms with Crippen LogP contribution in [0.5, 0.6) is 0 Å². The third-order valence-electron chi connectivity index (χ3n) is 2.16. The summed E-state index contributed by atoms with van der Waals surface area (Å²) in [5.74, 6) is 5.35. The molecule has 17 heavy (non-hydrogen) atoms. The Bertz CT molecular complexity index is 611. The highest BCUT2D eigenvalue weighted by Crippen LogP contribution is 2.16. The average molecular weight is 246 g/mol. The van der Waals surface area contributed by atoms with Gasteiger partial charge < -0.3 is 5.73 Å². The zero-order valence-electron chi connectivity index (χ0n) is 8.87. The molecule has 2 aromatic carbocycles. The summed E-state index contributed by atoms with van der Waals surface area (Å²) >= 11 is 5.90. The van der Waals surface area contributed by atoms with Crippen molar-refractivity contribution in [3.8, 4) is 11.8 Å². The number of halogens is 2. The van der Waals surface area contributed by atoms with Gasteiger partial charge in [-0.3, -0.25) is 0 Å². The molecule has 0 amide bonds. The van der Waals surface area contributed by atoms with Crippen LogP contribution in [0.3, 0.4) is 0 Å². The van der Waals surface area contributed by atoms with E-state index in [1.807, 2.05) is 12.1 Å². The van der Waals surface area contributed by atoms with Crippen molar-refractivity contribution in [2.75, 3.05) is 5.73 Å². The maximum atomic E-state index is 13.0. The van der Waals surface area contributed by atoms with Crippen LogP contribution in [0.2, 0.25) is 5.02 Å². The van der Waals surface area contributed by atoms with Gasteiger partial charge in [0.1, 0.15) is 5.82 Å². The molecule has 0 bridgehead atoms. The van der Waals surface area contributed by atoms with E-state index in [4.69, 9.17) is 17.3 Å². The molecule has 2 N–H and O–H groups in total. The van der Waals surface area contributed by atoms with E-state index in [1.54, 1.807) is 12.1 Å². The predicted octanol–water partition coefficient (Wildman–Crippen LogP) is 3.46. The van der Waals surface area contributed by atoms with Crippen LogP contribution in [0, 0.1) is 17.7 Å². The average Bonchev–Trinajstić information content (AvgIpc) is 2.30. The van der Waals surface area contributed by atoms with Crippen molar-refractivity contribution in [1.29, 1.82) is 0 Å². The summed E-state index contributed by atoms with van der Waals surface area (Å²) in [7, 11) is 0. The van der Waals surface area contributed by atoms with Crippen LogP contribution in [0.15, 0.2) is 42.5 Å². The van der Waals surface area contributed by atoms with E-state index in [1.165, 1.54) is 18.2 Å². The van der Waals surface area contributed by atoms with E-state index in [0.717, 1.165) is 5.56 Å². The van der Waals surface area contributed by atoms with Crippen LogP contribution in [-0.2, 0) is 0 Å². The Morgan fingerprint density at radius 2 is 1.88 bits per heavy atom. The lowest BCUT2D eigenvalue weighted by Crippen LogP contribution is -1.85. The van der Waals surface area contributed by atoms with Gasteiger partial charge in [0, 0.05) is 16.8 Å². The minimum Gasteiger partial charge on any atom is -0.399 e. The topological polar surface area (TPSA) is 26.0 Å². The molecular formula is C14H9ClFN. The number of hydrogen-bond donors (Lipinski definition) is 1. The first-order chi connectivity index (χ1) is 8.15. The fourth-order valence-electron chi connectivity index (χ4n) is 1.35. The van der Waals surface area contributed by atoms with Gasteiger partial charge in [-0.1, -0.05) is 29.5 Å². The van der Waals surface area contributed by atoms with Gasteiger partial charge >= 0.3 is 0 Å². The lowest BCUT2D eigenvalue weighted by molar-refractivity contribution is 0.627. The second-order valence-corrected chi connectivity index (χ2v) is 3.91. The van der Waals surface area contributed by atoms with Crippen molar-refractivity contribution in [1.82, 2.24) is 0 Å². The summed E-state index contributed by atoms with van der Waals surface area (Å²) in [6.07, 6.45) is 0. The quantitative estimate of drug-likeness (QED) is 0.558. The van der Waals surface area contributed by atoms with Crippen LogP contribution >= 0.6 is 11.6 Å². The van der Waals surface area contributed by atoms with Crippen molar-refractivity contribution in [2.24, 2.45) is 0 Å². The molecule has 1 nitrogen and oxygen atoms in total. The Hall–Kier alpha value is -1.98. The summed E-state index contributed by atoms with van der Waals surface area (Å²) < 4.78 is 13.0. The smallest absolute Gasteiger partial charge is 0.124 e. The van der Waals surface area contributed by atoms with Crippen molar-refractivity contribution in [2.45, 2.75) is 0 Å². The number of benzene rings is 2. The fourth-order valence-corrected chi connectivity index (χ4v) is 1.51. The summed E-state index contributed by atoms with van der Waals surface area (Å²) in [5.41, 5.74) is 7.50. The molecule has 0 saturated carbocycles. The molecule has 84 valence electrons. The summed E-state index contributed by atoms with van der Waals surface area (Å²) in [4.78, 5) is 0. The lowest BCUT2D eigenvalue weighted by atomic mass is 10.1. The molecule has 2 rings (SSSR count). The van der Waals surface area contributed by atoms with Gasteiger partial charge in [0.2, 0.25) is 0 Å². The van der Waals surface area contributed by atoms with Gasteiger partial charge in [-0.2, -0.15) is 0 Å². The highest BCUT2D eigenvalue weighted by molar-refractivity contribution is 6.31. The van der Waals surface area contributed by atoms with E-state index in [0.29, 0.717) is 16.3 Å². The normalized spacial score (nSPS) is 9.53. The third kappa shape index (κ3) is 2.99. The molecule has 0 atom stereocenters. The summed E-state index contributed by atoms with van der Waals surface area (Å²) in [6, 6.07) is 11.3. The van der Waals surface area contributed by atoms with Crippen LogP contribution in [0.4, 0.5) is 10.1 Å². The molecule has 0 fully saturated rings. The summed E-state index contributed by atoms with van der Waals surface area (Å²) in [5, 5.41) is 0.433. The van der Waals surface area contributed by atoms with E-state index in [-0.39, 0.29) is 5.82 Å². The maximum Gasteiger partial charge on any atom is 0.124 e. The van der Waals surface area contributed by atoms with Gasteiger partial charge in [-0.15, -0.1) is 0 Å². The number of nitrogen functional groups attached to an aromatic ring is 1. The Kier molecular flexibility index (Phi) is 3.32. The summed E-state index contributed by atoms with van der Waals surface area (Å²) in [6.45, 7) is 0.